The van der Waals surface area contributed by atoms with Crippen molar-refractivity contribution in [2.24, 2.45) is 0 Å². The summed E-state index contributed by atoms with van der Waals surface area (Å²) in [5.41, 5.74) is 1.55. The van der Waals surface area contributed by atoms with Gasteiger partial charge in [0.2, 0.25) is 0 Å². The first kappa shape index (κ1) is 10.5. The van der Waals surface area contributed by atoms with Crippen LogP contribution in [0.4, 0.5) is 0 Å². The van der Waals surface area contributed by atoms with Crippen LogP contribution in [-0.4, -0.2) is 22.4 Å². The molecule has 2 heterocycles. The summed E-state index contributed by atoms with van der Waals surface area (Å²) in [5.74, 6) is 0. The molecule has 1 fully saturated rings. The van der Waals surface area contributed by atoms with Crippen LogP contribution in [0, 0.1) is 0 Å². The van der Waals surface area contributed by atoms with Crippen LogP contribution in [0.3, 0.4) is 0 Å². The van der Waals surface area contributed by atoms with Crippen molar-refractivity contribution in [1.82, 2.24) is 4.90 Å². The molecule has 0 saturated carbocycles. The summed E-state index contributed by atoms with van der Waals surface area (Å²) in [5, 5.41) is 4.65. The first-order valence-electron chi connectivity index (χ1n) is 5.01. The first-order chi connectivity index (χ1) is 6.60. The third-order valence-electron chi connectivity index (χ3n) is 3.19. The molecule has 1 aliphatic heterocycles. The van der Waals surface area contributed by atoms with Gasteiger partial charge in [0.15, 0.2) is 0 Å². The minimum atomic E-state index is 0.142. The number of halogens is 1. The van der Waals surface area contributed by atoms with E-state index >= 15 is 0 Å². The molecule has 2 rings (SSSR count). The highest BCUT2D eigenvalue weighted by Gasteiger charge is 2.39. The van der Waals surface area contributed by atoms with Crippen molar-refractivity contribution < 1.29 is 0 Å². The molecule has 0 aliphatic carbocycles. The zero-order valence-electron chi connectivity index (χ0n) is 8.66. The van der Waals surface area contributed by atoms with Gasteiger partial charge >= 0.3 is 0 Å². The molecular weight excluding hydrogens is 214 g/mol. The SMILES string of the molecule is CC1(C)C(Cl)CCN1Cc1ccsc1. The minimum Gasteiger partial charge on any atom is -0.292 e. The molecule has 1 aromatic rings. The summed E-state index contributed by atoms with van der Waals surface area (Å²) >= 11 is 8.06. The molecule has 1 saturated heterocycles. The Hall–Kier alpha value is -0.0500. The normalized spacial score (nSPS) is 26.9. The standard InChI is InChI=1S/C11H16ClNS/c1-11(2)10(12)3-5-13(11)7-9-4-6-14-8-9/h4,6,8,10H,3,5,7H2,1-2H3. The van der Waals surface area contributed by atoms with E-state index < -0.39 is 0 Å². The summed E-state index contributed by atoms with van der Waals surface area (Å²) in [4.78, 5) is 2.48. The monoisotopic (exact) mass is 229 g/mol. The molecule has 3 heteroatoms. The van der Waals surface area contributed by atoms with Gasteiger partial charge in [-0.15, -0.1) is 11.6 Å². The maximum atomic E-state index is 6.30. The van der Waals surface area contributed by atoms with Crippen LogP contribution < -0.4 is 0 Å². The Morgan fingerprint density at radius 1 is 1.64 bits per heavy atom. The number of likely N-dealkylation sites (tertiary alicyclic amines) is 1. The van der Waals surface area contributed by atoms with E-state index in [1.54, 1.807) is 11.3 Å². The number of hydrogen-bond acceptors (Lipinski definition) is 2. The third-order valence-corrected chi connectivity index (χ3v) is 4.67. The fourth-order valence-corrected chi connectivity index (χ4v) is 2.89. The van der Waals surface area contributed by atoms with E-state index in [0.717, 1.165) is 19.5 Å². The number of nitrogens with zero attached hydrogens (tertiary/aromatic N) is 1. The maximum Gasteiger partial charge on any atom is 0.0526 e. The molecule has 0 bridgehead atoms. The number of rotatable bonds is 2. The summed E-state index contributed by atoms with van der Waals surface area (Å²) in [7, 11) is 0. The van der Waals surface area contributed by atoms with Crippen LogP contribution in [0.25, 0.3) is 0 Å². The minimum absolute atomic E-state index is 0.142. The molecule has 1 aromatic heterocycles. The van der Waals surface area contributed by atoms with Gasteiger partial charge in [-0.1, -0.05) is 0 Å². The molecule has 0 amide bonds. The van der Waals surface area contributed by atoms with Gasteiger partial charge in [0.05, 0.1) is 5.38 Å². The molecule has 0 N–H and O–H groups in total. The second-order valence-corrected chi connectivity index (χ2v) is 5.77. The van der Waals surface area contributed by atoms with Gasteiger partial charge in [0.1, 0.15) is 0 Å². The molecule has 1 aliphatic rings. The van der Waals surface area contributed by atoms with Gasteiger partial charge in [-0.2, -0.15) is 11.3 Å². The van der Waals surface area contributed by atoms with Crippen molar-refractivity contribution in [3.63, 3.8) is 0 Å². The highest BCUT2D eigenvalue weighted by Crippen LogP contribution is 2.34. The van der Waals surface area contributed by atoms with Crippen molar-refractivity contribution in [3.05, 3.63) is 22.4 Å². The third kappa shape index (κ3) is 1.83. The van der Waals surface area contributed by atoms with E-state index in [2.05, 4.69) is 35.6 Å². The molecule has 1 unspecified atom stereocenters. The molecule has 14 heavy (non-hydrogen) atoms. The molecule has 0 radical (unpaired) electrons. The van der Waals surface area contributed by atoms with Crippen molar-refractivity contribution in [1.29, 1.82) is 0 Å². The Morgan fingerprint density at radius 3 is 2.93 bits per heavy atom. The van der Waals surface area contributed by atoms with Crippen LogP contribution >= 0.6 is 22.9 Å². The second-order valence-electron chi connectivity index (χ2n) is 4.46. The first-order valence-corrected chi connectivity index (χ1v) is 6.39. The van der Waals surface area contributed by atoms with Gasteiger partial charge in [-0.05, 0) is 42.7 Å². The van der Waals surface area contributed by atoms with Gasteiger partial charge in [-0.25, -0.2) is 0 Å². The molecular formula is C11H16ClNS. The van der Waals surface area contributed by atoms with Gasteiger partial charge in [-0.3, -0.25) is 4.90 Å². The summed E-state index contributed by atoms with van der Waals surface area (Å²) in [6.45, 7) is 6.64. The average Bonchev–Trinajstić information content (AvgIpc) is 2.70. The van der Waals surface area contributed by atoms with E-state index in [4.69, 9.17) is 11.6 Å². The van der Waals surface area contributed by atoms with Gasteiger partial charge in [0, 0.05) is 18.6 Å². The highest BCUT2D eigenvalue weighted by molar-refractivity contribution is 7.07. The Morgan fingerprint density at radius 2 is 2.43 bits per heavy atom. The van der Waals surface area contributed by atoms with Crippen molar-refractivity contribution in [3.8, 4) is 0 Å². The molecule has 1 nitrogen and oxygen atoms in total. The number of thiophene rings is 1. The smallest absolute Gasteiger partial charge is 0.0526 e. The van der Waals surface area contributed by atoms with Crippen LogP contribution in [0.15, 0.2) is 16.8 Å². The van der Waals surface area contributed by atoms with Crippen LogP contribution in [0.2, 0.25) is 0 Å². The van der Waals surface area contributed by atoms with E-state index in [1.165, 1.54) is 5.56 Å². The average molecular weight is 230 g/mol. The lowest BCUT2D eigenvalue weighted by Crippen LogP contribution is -2.42. The summed E-state index contributed by atoms with van der Waals surface area (Å²) in [6, 6.07) is 2.20. The van der Waals surface area contributed by atoms with E-state index in [-0.39, 0.29) is 5.54 Å². The van der Waals surface area contributed by atoms with Crippen LogP contribution in [-0.2, 0) is 6.54 Å². The van der Waals surface area contributed by atoms with Gasteiger partial charge < -0.3 is 0 Å². The lowest BCUT2D eigenvalue weighted by molar-refractivity contribution is 0.169. The van der Waals surface area contributed by atoms with E-state index in [9.17, 15) is 0 Å². The number of alkyl halides is 1. The predicted molar refractivity (Wildman–Crippen MR) is 63.1 cm³/mol. The maximum absolute atomic E-state index is 6.30. The molecule has 1 atom stereocenters. The predicted octanol–water partition coefficient (Wildman–Crippen LogP) is 3.34. The van der Waals surface area contributed by atoms with Crippen molar-refractivity contribution in [2.75, 3.05) is 6.54 Å². The Kier molecular flexibility index (Phi) is 2.87. The fourth-order valence-electron chi connectivity index (χ4n) is 1.99. The Bertz CT molecular complexity index is 294. The van der Waals surface area contributed by atoms with Crippen molar-refractivity contribution >= 4 is 22.9 Å². The Labute approximate surface area is 94.7 Å². The topological polar surface area (TPSA) is 3.24 Å². The lowest BCUT2D eigenvalue weighted by Gasteiger charge is -2.33. The number of hydrogen-bond donors (Lipinski definition) is 0. The largest absolute Gasteiger partial charge is 0.292 e. The molecule has 0 spiro atoms. The zero-order chi connectivity index (χ0) is 10.2. The Balaban J connectivity index is 2.06. The fraction of sp³-hybridized carbons (Fsp3) is 0.636. The molecule has 0 aromatic carbocycles. The van der Waals surface area contributed by atoms with Crippen LogP contribution in [0.1, 0.15) is 25.8 Å². The van der Waals surface area contributed by atoms with E-state index in [0.29, 0.717) is 5.38 Å². The lowest BCUT2D eigenvalue weighted by atomic mass is 10.0. The van der Waals surface area contributed by atoms with Crippen LogP contribution in [0.5, 0.6) is 0 Å². The summed E-state index contributed by atoms with van der Waals surface area (Å²) in [6.07, 6.45) is 1.11. The van der Waals surface area contributed by atoms with E-state index in [1.807, 2.05) is 0 Å². The summed E-state index contributed by atoms with van der Waals surface area (Å²) < 4.78 is 0. The zero-order valence-corrected chi connectivity index (χ0v) is 10.2. The van der Waals surface area contributed by atoms with Crippen molar-refractivity contribution in [2.45, 2.75) is 37.7 Å². The quantitative estimate of drug-likeness (QED) is 0.704. The second kappa shape index (κ2) is 3.84. The highest BCUT2D eigenvalue weighted by atomic mass is 35.5. The van der Waals surface area contributed by atoms with Gasteiger partial charge in [0.25, 0.3) is 0 Å². The molecule has 78 valence electrons.